The molecule has 0 aliphatic carbocycles. The van der Waals surface area contributed by atoms with E-state index in [2.05, 4.69) is 258 Å². The van der Waals surface area contributed by atoms with E-state index in [-0.39, 0.29) is 0 Å². The first-order chi connectivity index (χ1) is 32.9. The molecule has 0 fully saturated rings. The molecular weight excluding hydrogens is 809 g/mol. The SMILES string of the molecule is CC.Cc1cc(Cc2ccccc2-c2ccccc2C)cc(-c2nc(-c3cccc(-c4ccccc4)c3)cc(-c3cccc(-c4ccccc4)c3)n2)c1.Cc1ccccc1-c1ccccc1C. The Balaban J connectivity index is 0.000000323. The van der Waals surface area contributed by atoms with Crippen molar-refractivity contribution in [1.29, 1.82) is 0 Å². The van der Waals surface area contributed by atoms with Gasteiger partial charge in [0.05, 0.1) is 11.4 Å². The van der Waals surface area contributed by atoms with Crippen molar-refractivity contribution in [3.63, 3.8) is 0 Å². The Hall–Kier alpha value is -7.94. The molecule has 0 radical (unpaired) electrons. The average Bonchev–Trinajstić information content (AvgIpc) is 3.38. The molecule has 10 aromatic rings. The molecule has 0 atom stereocenters. The van der Waals surface area contributed by atoms with Gasteiger partial charge >= 0.3 is 0 Å². The van der Waals surface area contributed by atoms with E-state index in [0.717, 1.165) is 51.5 Å². The molecule has 2 heteroatoms. The second-order valence-corrected chi connectivity index (χ2v) is 16.8. The van der Waals surface area contributed by atoms with Gasteiger partial charge in [0.2, 0.25) is 0 Å². The number of nitrogens with zero attached hydrogens (tertiary/aromatic N) is 2. The highest BCUT2D eigenvalue weighted by Crippen LogP contribution is 2.34. The molecule has 9 aromatic carbocycles. The smallest absolute Gasteiger partial charge is 0.160 e. The van der Waals surface area contributed by atoms with Gasteiger partial charge < -0.3 is 0 Å². The van der Waals surface area contributed by atoms with E-state index in [1.165, 1.54) is 66.8 Å². The molecule has 1 heterocycles. The lowest BCUT2D eigenvalue weighted by atomic mass is 9.91. The minimum atomic E-state index is 0.717. The number of hydrogen-bond donors (Lipinski definition) is 0. The Morgan fingerprint density at radius 3 is 1.16 bits per heavy atom. The topological polar surface area (TPSA) is 25.8 Å². The van der Waals surface area contributed by atoms with Crippen LogP contribution in [0, 0.1) is 27.7 Å². The summed E-state index contributed by atoms with van der Waals surface area (Å²) in [6.07, 6.45) is 0.810. The Morgan fingerprint density at radius 1 is 0.299 bits per heavy atom. The fourth-order valence-corrected chi connectivity index (χ4v) is 8.73. The second kappa shape index (κ2) is 21.8. The zero-order valence-electron chi connectivity index (χ0n) is 39.5. The molecule has 0 saturated heterocycles. The standard InChI is InChI=1S/C49H38N2.C14H14.C2H6/c1-34-27-36(29-41-20-10-12-26-46(41)45-25-11-9-15-35(45)2)30-44(28-34)49-50-47(42-23-13-21-39(31-42)37-16-5-3-6-17-37)33-48(51-49)43-24-14-22-40(32-43)38-18-7-4-8-19-38;1-11-7-3-5-9-13(11)14-10-6-4-8-12(14)2;1-2/h3-28,30-33H,29H2,1-2H3;3-10H,1-2H3;1-2H3. The van der Waals surface area contributed by atoms with Crippen LogP contribution in [0.3, 0.4) is 0 Å². The molecule has 67 heavy (non-hydrogen) atoms. The van der Waals surface area contributed by atoms with E-state index in [1.54, 1.807) is 0 Å². The van der Waals surface area contributed by atoms with Gasteiger partial charge in [0.15, 0.2) is 5.82 Å². The van der Waals surface area contributed by atoms with Crippen LogP contribution in [-0.4, -0.2) is 9.97 Å². The van der Waals surface area contributed by atoms with Crippen molar-refractivity contribution in [3.8, 4) is 78.4 Å². The third-order valence-corrected chi connectivity index (χ3v) is 12.1. The van der Waals surface area contributed by atoms with Crippen molar-refractivity contribution in [1.82, 2.24) is 9.97 Å². The van der Waals surface area contributed by atoms with Crippen molar-refractivity contribution >= 4 is 0 Å². The van der Waals surface area contributed by atoms with Crippen molar-refractivity contribution in [2.75, 3.05) is 0 Å². The maximum atomic E-state index is 5.27. The number of benzene rings is 9. The van der Waals surface area contributed by atoms with Crippen LogP contribution in [0.5, 0.6) is 0 Å². The van der Waals surface area contributed by atoms with E-state index in [4.69, 9.17) is 9.97 Å². The van der Waals surface area contributed by atoms with Crippen molar-refractivity contribution in [2.45, 2.75) is 48.0 Å². The van der Waals surface area contributed by atoms with E-state index in [9.17, 15) is 0 Å². The quantitative estimate of drug-likeness (QED) is 0.144. The zero-order valence-corrected chi connectivity index (χ0v) is 39.5. The summed E-state index contributed by atoms with van der Waals surface area (Å²) in [7, 11) is 0. The summed E-state index contributed by atoms with van der Waals surface area (Å²) in [4.78, 5) is 10.5. The molecule has 0 unspecified atom stereocenters. The molecule has 10 rings (SSSR count). The maximum absolute atomic E-state index is 5.27. The van der Waals surface area contributed by atoms with Gasteiger partial charge in [0.1, 0.15) is 0 Å². The van der Waals surface area contributed by atoms with Gasteiger partial charge in [0.25, 0.3) is 0 Å². The highest BCUT2D eigenvalue weighted by Gasteiger charge is 2.15. The summed E-state index contributed by atoms with van der Waals surface area (Å²) in [5.41, 5.74) is 22.5. The van der Waals surface area contributed by atoms with Crippen LogP contribution in [0.2, 0.25) is 0 Å². The number of hydrogen-bond acceptors (Lipinski definition) is 2. The lowest BCUT2D eigenvalue weighted by Gasteiger charge is -2.14. The van der Waals surface area contributed by atoms with Crippen LogP contribution in [0.1, 0.15) is 47.2 Å². The van der Waals surface area contributed by atoms with Crippen molar-refractivity contribution in [3.05, 3.63) is 264 Å². The van der Waals surface area contributed by atoms with Gasteiger partial charge in [-0.1, -0.05) is 220 Å². The predicted octanol–water partition coefficient (Wildman–Crippen LogP) is 17.7. The lowest BCUT2D eigenvalue weighted by molar-refractivity contribution is 1.15. The Morgan fingerprint density at radius 2 is 0.687 bits per heavy atom. The van der Waals surface area contributed by atoms with Crippen LogP contribution >= 0.6 is 0 Å². The third-order valence-electron chi connectivity index (χ3n) is 12.1. The van der Waals surface area contributed by atoms with Gasteiger partial charge in [-0.05, 0) is 137 Å². The molecule has 0 spiro atoms. The molecular formula is C65H58N2. The Bertz CT molecular complexity index is 3070. The molecule has 2 nitrogen and oxygen atoms in total. The van der Waals surface area contributed by atoms with E-state index in [1.807, 2.05) is 13.8 Å². The monoisotopic (exact) mass is 866 g/mol. The normalized spacial score (nSPS) is 10.6. The molecule has 0 N–H and O–H groups in total. The summed E-state index contributed by atoms with van der Waals surface area (Å²) in [5.74, 6) is 0.717. The number of rotatable bonds is 9. The van der Waals surface area contributed by atoms with Crippen LogP contribution in [-0.2, 0) is 6.42 Å². The number of aromatic nitrogens is 2. The average molecular weight is 867 g/mol. The Labute approximate surface area is 398 Å². The predicted molar refractivity (Wildman–Crippen MR) is 286 cm³/mol. The fourth-order valence-electron chi connectivity index (χ4n) is 8.73. The summed E-state index contributed by atoms with van der Waals surface area (Å²) < 4.78 is 0. The van der Waals surface area contributed by atoms with Crippen LogP contribution in [0.25, 0.3) is 78.4 Å². The van der Waals surface area contributed by atoms with Gasteiger partial charge in [-0.15, -0.1) is 0 Å². The highest BCUT2D eigenvalue weighted by atomic mass is 14.9. The fraction of sp³-hybridized carbons (Fsp3) is 0.108. The minimum absolute atomic E-state index is 0.717. The first-order valence-electron chi connectivity index (χ1n) is 23.4. The molecule has 0 bridgehead atoms. The molecule has 328 valence electrons. The summed E-state index contributed by atoms with van der Waals surface area (Å²) in [6, 6.07) is 81.6. The second-order valence-electron chi connectivity index (χ2n) is 16.8. The molecule has 0 aliphatic rings. The molecule has 0 saturated carbocycles. The van der Waals surface area contributed by atoms with Crippen molar-refractivity contribution in [2.24, 2.45) is 0 Å². The first-order valence-corrected chi connectivity index (χ1v) is 23.4. The summed E-state index contributed by atoms with van der Waals surface area (Å²) >= 11 is 0. The van der Waals surface area contributed by atoms with Crippen LogP contribution < -0.4 is 0 Å². The van der Waals surface area contributed by atoms with Crippen LogP contribution in [0.15, 0.2) is 231 Å². The highest BCUT2D eigenvalue weighted by molar-refractivity contribution is 5.78. The van der Waals surface area contributed by atoms with Gasteiger partial charge in [-0.25, -0.2) is 9.97 Å². The Kier molecular flexibility index (Phi) is 14.9. The van der Waals surface area contributed by atoms with Gasteiger partial charge in [-0.2, -0.15) is 0 Å². The summed E-state index contributed by atoms with van der Waals surface area (Å²) in [5, 5.41) is 0. The van der Waals surface area contributed by atoms with Gasteiger partial charge in [0, 0.05) is 16.7 Å². The number of aryl methyl sites for hydroxylation is 4. The third kappa shape index (κ3) is 11.1. The zero-order chi connectivity index (χ0) is 46.5. The lowest BCUT2D eigenvalue weighted by Crippen LogP contribution is -1.99. The van der Waals surface area contributed by atoms with Crippen molar-refractivity contribution < 1.29 is 0 Å². The largest absolute Gasteiger partial charge is 0.228 e. The molecule has 0 aliphatic heterocycles. The molecule has 0 amide bonds. The summed E-state index contributed by atoms with van der Waals surface area (Å²) in [6.45, 7) is 12.7. The minimum Gasteiger partial charge on any atom is -0.228 e. The molecule has 1 aromatic heterocycles. The van der Waals surface area contributed by atoms with E-state index >= 15 is 0 Å². The maximum Gasteiger partial charge on any atom is 0.160 e. The van der Waals surface area contributed by atoms with E-state index in [0.29, 0.717) is 0 Å². The van der Waals surface area contributed by atoms with Gasteiger partial charge in [-0.3, -0.25) is 0 Å². The first kappa shape index (κ1) is 45.6. The van der Waals surface area contributed by atoms with Crippen LogP contribution in [0.4, 0.5) is 0 Å². The van der Waals surface area contributed by atoms with E-state index < -0.39 is 0 Å².